The minimum atomic E-state index is -0.228. The van der Waals surface area contributed by atoms with Crippen LogP contribution in [0.3, 0.4) is 0 Å². The second-order valence-corrected chi connectivity index (χ2v) is 5.57. The van der Waals surface area contributed by atoms with Gasteiger partial charge in [-0.1, -0.05) is 5.92 Å². The lowest BCUT2D eigenvalue weighted by atomic mass is 9.73. The second kappa shape index (κ2) is 3.97. The first-order valence-corrected chi connectivity index (χ1v) is 6.44. The molecule has 4 heteroatoms. The van der Waals surface area contributed by atoms with Crippen LogP contribution in [0.1, 0.15) is 35.8 Å². The molecular weight excluding hydrogens is 232 g/mol. The molecule has 0 aromatic carbocycles. The third-order valence-corrected chi connectivity index (χ3v) is 4.29. The largest absolute Gasteiger partial charge is 0.389 e. The molecule has 1 aliphatic rings. The molecule has 0 saturated heterocycles. The van der Waals surface area contributed by atoms with Gasteiger partial charge in [-0.25, -0.2) is 0 Å². The van der Waals surface area contributed by atoms with Gasteiger partial charge in [0.05, 0.1) is 11.0 Å². The van der Waals surface area contributed by atoms with Crippen LogP contribution in [0.2, 0.25) is 0 Å². The lowest BCUT2D eigenvalue weighted by Crippen LogP contribution is -2.25. The van der Waals surface area contributed by atoms with Crippen molar-refractivity contribution in [1.82, 2.24) is 0 Å². The van der Waals surface area contributed by atoms with E-state index in [-0.39, 0.29) is 5.41 Å². The number of anilines is 1. The van der Waals surface area contributed by atoms with Gasteiger partial charge >= 0.3 is 0 Å². The smallest absolute Gasteiger partial charge is 0.147 e. The van der Waals surface area contributed by atoms with Crippen molar-refractivity contribution in [2.75, 3.05) is 5.73 Å². The minimum absolute atomic E-state index is 0.228. The van der Waals surface area contributed by atoms with Gasteiger partial charge in [0.15, 0.2) is 0 Å². The van der Waals surface area contributed by atoms with Crippen LogP contribution in [-0.4, -0.2) is 10.2 Å². The third-order valence-electron chi connectivity index (χ3n) is 3.09. The highest BCUT2D eigenvalue weighted by molar-refractivity contribution is 7.16. The molecule has 0 unspecified atom stereocenters. The standard InChI is InChI=1S/C12H11N2SSi/c1-12(5-6-16)4-2-3-9-10(12)8(7-13)11(14)15-9/h2-4,14H2,1H3/t12-/m1/s1. The molecule has 1 aromatic rings. The van der Waals surface area contributed by atoms with Crippen molar-refractivity contribution in [2.24, 2.45) is 0 Å². The van der Waals surface area contributed by atoms with E-state index in [2.05, 4.69) is 34.7 Å². The number of nitrogen functional groups attached to an aromatic ring is 1. The summed E-state index contributed by atoms with van der Waals surface area (Å²) in [5.74, 6) is 3.17. The predicted molar refractivity (Wildman–Crippen MR) is 67.3 cm³/mol. The Balaban J connectivity index is 2.69. The van der Waals surface area contributed by atoms with E-state index in [4.69, 9.17) is 5.73 Å². The Morgan fingerprint density at radius 3 is 2.94 bits per heavy atom. The van der Waals surface area contributed by atoms with E-state index >= 15 is 0 Å². The summed E-state index contributed by atoms with van der Waals surface area (Å²) < 4.78 is 0. The fourth-order valence-electron chi connectivity index (χ4n) is 2.36. The molecule has 2 rings (SSSR count). The van der Waals surface area contributed by atoms with Crippen LogP contribution in [0.15, 0.2) is 0 Å². The van der Waals surface area contributed by atoms with Gasteiger partial charge < -0.3 is 5.73 Å². The van der Waals surface area contributed by atoms with Crippen LogP contribution in [-0.2, 0) is 11.8 Å². The van der Waals surface area contributed by atoms with E-state index in [1.165, 1.54) is 4.88 Å². The zero-order chi connectivity index (χ0) is 11.8. The highest BCUT2D eigenvalue weighted by Gasteiger charge is 2.35. The van der Waals surface area contributed by atoms with Gasteiger partial charge in [-0.3, -0.25) is 0 Å². The van der Waals surface area contributed by atoms with Crippen molar-refractivity contribution in [2.45, 2.75) is 31.6 Å². The monoisotopic (exact) mass is 243 g/mol. The molecule has 2 nitrogen and oxygen atoms in total. The summed E-state index contributed by atoms with van der Waals surface area (Å²) in [4.78, 5) is 1.23. The Kier molecular flexibility index (Phi) is 2.80. The first-order chi connectivity index (χ1) is 7.62. The number of aryl methyl sites for hydroxylation is 1. The summed E-state index contributed by atoms with van der Waals surface area (Å²) in [7, 11) is 3.20. The maximum absolute atomic E-state index is 9.18. The van der Waals surface area contributed by atoms with Gasteiger partial charge in [0.1, 0.15) is 21.3 Å². The Labute approximate surface area is 103 Å². The van der Waals surface area contributed by atoms with E-state index in [0.29, 0.717) is 10.6 Å². The van der Waals surface area contributed by atoms with Gasteiger partial charge in [-0.2, -0.15) is 5.26 Å². The molecule has 0 spiro atoms. The molecule has 2 N–H and O–H groups in total. The Bertz CT molecular complexity index is 530. The lowest BCUT2D eigenvalue weighted by molar-refractivity contribution is 0.502. The second-order valence-electron chi connectivity index (χ2n) is 4.19. The van der Waals surface area contributed by atoms with Gasteiger partial charge in [0, 0.05) is 10.4 Å². The van der Waals surface area contributed by atoms with Crippen molar-refractivity contribution >= 4 is 26.6 Å². The number of fused-ring (bicyclic) bond motifs is 1. The van der Waals surface area contributed by atoms with E-state index in [9.17, 15) is 5.26 Å². The summed E-state index contributed by atoms with van der Waals surface area (Å²) in [5, 5.41) is 9.82. The van der Waals surface area contributed by atoms with Crippen molar-refractivity contribution in [3.8, 4) is 17.5 Å². The number of nitrogens with zero attached hydrogens (tertiary/aromatic N) is 1. The SMILES string of the molecule is C[C@]1(C#C[Si])CCCc2sc(N)c(C#N)c21. The van der Waals surface area contributed by atoms with Crippen LogP contribution in [0.25, 0.3) is 0 Å². The molecule has 79 valence electrons. The summed E-state index contributed by atoms with van der Waals surface area (Å²) >= 11 is 1.54. The molecule has 0 saturated carbocycles. The molecule has 0 aliphatic heterocycles. The van der Waals surface area contributed by atoms with E-state index in [0.717, 1.165) is 24.8 Å². The molecule has 3 radical (unpaired) electrons. The van der Waals surface area contributed by atoms with E-state index < -0.39 is 0 Å². The predicted octanol–water partition coefficient (Wildman–Crippen LogP) is 1.93. The number of rotatable bonds is 0. The first kappa shape index (κ1) is 11.3. The van der Waals surface area contributed by atoms with Gasteiger partial charge in [0.2, 0.25) is 0 Å². The maximum atomic E-state index is 9.18. The number of hydrogen-bond acceptors (Lipinski definition) is 3. The normalized spacial score (nSPS) is 22.8. The molecule has 0 amide bonds. The number of thiophene rings is 1. The van der Waals surface area contributed by atoms with Crippen LogP contribution in [0.5, 0.6) is 0 Å². The van der Waals surface area contributed by atoms with Gasteiger partial charge in [-0.15, -0.1) is 16.9 Å². The van der Waals surface area contributed by atoms with Crippen molar-refractivity contribution in [1.29, 1.82) is 5.26 Å². The highest BCUT2D eigenvalue weighted by atomic mass is 32.1. The Morgan fingerprint density at radius 2 is 2.31 bits per heavy atom. The van der Waals surface area contributed by atoms with E-state index in [1.54, 1.807) is 11.3 Å². The molecule has 0 fully saturated rings. The van der Waals surface area contributed by atoms with Gasteiger partial charge in [-0.05, 0) is 26.2 Å². The molecule has 1 aliphatic carbocycles. The summed E-state index contributed by atoms with van der Waals surface area (Å²) in [6.45, 7) is 2.09. The minimum Gasteiger partial charge on any atom is -0.389 e. The fourth-order valence-corrected chi connectivity index (χ4v) is 3.83. The zero-order valence-electron chi connectivity index (χ0n) is 9.05. The van der Waals surface area contributed by atoms with Crippen LogP contribution in [0, 0.1) is 22.8 Å². The first-order valence-electron chi connectivity index (χ1n) is 5.13. The topological polar surface area (TPSA) is 49.8 Å². The summed E-state index contributed by atoms with van der Waals surface area (Å²) in [6.07, 6.45) is 3.11. The number of nitrogens with two attached hydrogens (primary N) is 1. The fraction of sp³-hybridized carbons (Fsp3) is 0.417. The number of hydrogen-bond donors (Lipinski definition) is 1. The van der Waals surface area contributed by atoms with Crippen LogP contribution < -0.4 is 5.73 Å². The quantitative estimate of drug-likeness (QED) is 0.559. The average molecular weight is 243 g/mol. The van der Waals surface area contributed by atoms with E-state index in [1.807, 2.05) is 0 Å². The van der Waals surface area contributed by atoms with Crippen LogP contribution in [0.4, 0.5) is 5.00 Å². The van der Waals surface area contributed by atoms with Crippen LogP contribution >= 0.6 is 11.3 Å². The van der Waals surface area contributed by atoms with Crippen molar-refractivity contribution < 1.29 is 0 Å². The van der Waals surface area contributed by atoms with Gasteiger partial charge in [0.25, 0.3) is 0 Å². The molecular formula is C12H11N2SSi. The average Bonchev–Trinajstić information content (AvgIpc) is 2.55. The van der Waals surface area contributed by atoms with Crippen molar-refractivity contribution in [3.05, 3.63) is 16.0 Å². The molecule has 16 heavy (non-hydrogen) atoms. The van der Waals surface area contributed by atoms with Crippen molar-refractivity contribution in [3.63, 3.8) is 0 Å². The Hall–Kier alpha value is -1.23. The molecule has 1 aromatic heterocycles. The summed E-state index contributed by atoms with van der Waals surface area (Å²) in [5.41, 5.74) is 10.1. The Morgan fingerprint density at radius 1 is 1.56 bits per heavy atom. The third kappa shape index (κ3) is 1.55. The maximum Gasteiger partial charge on any atom is 0.147 e. The lowest BCUT2D eigenvalue weighted by Gasteiger charge is -2.29. The number of nitriles is 1. The summed E-state index contributed by atoms with van der Waals surface area (Å²) in [6, 6.07) is 2.22. The molecule has 1 heterocycles. The highest BCUT2D eigenvalue weighted by Crippen LogP contribution is 2.45. The zero-order valence-corrected chi connectivity index (χ0v) is 10.9. The molecule has 0 bridgehead atoms. The molecule has 1 atom stereocenters.